The van der Waals surface area contributed by atoms with Crippen LogP contribution < -0.4 is 10.1 Å². The van der Waals surface area contributed by atoms with Crippen LogP contribution in [0.1, 0.15) is 12.5 Å². The lowest BCUT2D eigenvalue weighted by Gasteiger charge is -2.07. The van der Waals surface area contributed by atoms with Crippen molar-refractivity contribution < 1.29 is 18.8 Å². The summed E-state index contributed by atoms with van der Waals surface area (Å²) >= 11 is 5.86. The predicted molar refractivity (Wildman–Crippen MR) is 93.3 cm³/mol. The van der Waals surface area contributed by atoms with Crippen LogP contribution >= 0.6 is 11.6 Å². The number of ether oxygens (including phenoxy) is 1. The number of nitrogens with zero attached hydrogens (tertiary/aromatic N) is 1. The van der Waals surface area contributed by atoms with Crippen LogP contribution in [-0.4, -0.2) is 17.4 Å². The Balaban J connectivity index is 2.20. The lowest BCUT2D eigenvalue weighted by Crippen LogP contribution is -2.10. The molecule has 0 aliphatic heterocycles. The second-order valence-corrected chi connectivity index (χ2v) is 5.23. The fraction of sp³-hybridized carbons (Fsp3) is 0.118. The van der Waals surface area contributed by atoms with Crippen LogP contribution in [0.3, 0.4) is 0 Å². The van der Waals surface area contributed by atoms with Crippen LogP contribution in [0.2, 0.25) is 5.02 Å². The van der Waals surface area contributed by atoms with E-state index in [0.29, 0.717) is 12.4 Å². The second-order valence-electron chi connectivity index (χ2n) is 4.83. The highest BCUT2D eigenvalue weighted by atomic mass is 35.5. The van der Waals surface area contributed by atoms with Crippen LogP contribution in [0, 0.1) is 15.9 Å². The number of nitro groups is 1. The summed E-state index contributed by atoms with van der Waals surface area (Å²) in [6.45, 7) is 2.11. The summed E-state index contributed by atoms with van der Waals surface area (Å²) in [5.41, 5.74) is -0.250. The number of hydrogen-bond acceptors (Lipinski definition) is 4. The lowest BCUT2D eigenvalue weighted by atomic mass is 10.2. The zero-order valence-electron chi connectivity index (χ0n) is 13.2. The molecule has 0 spiro atoms. The molecule has 2 rings (SSSR count). The van der Waals surface area contributed by atoms with Gasteiger partial charge in [-0.1, -0.05) is 17.7 Å². The standard InChI is InChI=1S/C17H14ClFN2O4/c1-2-25-11-6-8-15(16(10-11)21(23)24)20-17(22)9-7-12-13(18)4-3-5-14(12)19/h3-10H,2H2,1H3,(H,20,22). The molecule has 0 aliphatic carbocycles. The third-order valence-corrected chi connectivity index (χ3v) is 3.47. The molecule has 0 aliphatic rings. The Hall–Kier alpha value is -2.93. The summed E-state index contributed by atoms with van der Waals surface area (Å²) in [5, 5.41) is 13.7. The van der Waals surface area contributed by atoms with E-state index in [1.807, 2.05) is 0 Å². The third kappa shape index (κ3) is 4.77. The van der Waals surface area contributed by atoms with Gasteiger partial charge in [0, 0.05) is 11.6 Å². The van der Waals surface area contributed by atoms with Crippen molar-refractivity contribution in [2.75, 3.05) is 11.9 Å². The van der Waals surface area contributed by atoms with E-state index in [9.17, 15) is 19.3 Å². The molecule has 0 unspecified atom stereocenters. The normalized spacial score (nSPS) is 10.7. The molecule has 0 bridgehead atoms. The van der Waals surface area contributed by atoms with E-state index in [1.54, 1.807) is 6.92 Å². The molecule has 1 amide bonds. The summed E-state index contributed by atoms with van der Waals surface area (Å²) in [6, 6.07) is 8.23. The van der Waals surface area contributed by atoms with Crippen molar-refractivity contribution in [3.8, 4) is 5.75 Å². The van der Waals surface area contributed by atoms with E-state index in [-0.39, 0.29) is 22.0 Å². The number of halogens is 2. The van der Waals surface area contributed by atoms with Crippen molar-refractivity contribution in [1.29, 1.82) is 0 Å². The minimum Gasteiger partial charge on any atom is -0.494 e. The SMILES string of the molecule is CCOc1ccc(NC(=O)C=Cc2c(F)cccc2Cl)c([N+](=O)[O-])c1. The number of rotatable bonds is 6. The highest BCUT2D eigenvalue weighted by Gasteiger charge is 2.16. The molecule has 0 fully saturated rings. The monoisotopic (exact) mass is 364 g/mol. The Morgan fingerprint density at radius 1 is 1.40 bits per heavy atom. The van der Waals surface area contributed by atoms with Crippen LogP contribution in [0.5, 0.6) is 5.75 Å². The van der Waals surface area contributed by atoms with Gasteiger partial charge in [0.15, 0.2) is 0 Å². The summed E-state index contributed by atoms with van der Waals surface area (Å²) in [7, 11) is 0. The smallest absolute Gasteiger partial charge is 0.296 e. The zero-order chi connectivity index (χ0) is 18.4. The first-order chi connectivity index (χ1) is 11.9. The van der Waals surface area contributed by atoms with Crippen molar-refractivity contribution >= 4 is 35.0 Å². The van der Waals surface area contributed by atoms with Gasteiger partial charge in [-0.2, -0.15) is 0 Å². The van der Waals surface area contributed by atoms with E-state index >= 15 is 0 Å². The fourth-order valence-corrected chi connectivity index (χ4v) is 2.25. The maximum atomic E-state index is 13.6. The lowest BCUT2D eigenvalue weighted by molar-refractivity contribution is -0.384. The zero-order valence-corrected chi connectivity index (χ0v) is 13.9. The van der Waals surface area contributed by atoms with Gasteiger partial charge in [0.05, 0.1) is 22.6 Å². The van der Waals surface area contributed by atoms with Crippen molar-refractivity contribution in [3.05, 3.63) is 69.0 Å². The van der Waals surface area contributed by atoms with Gasteiger partial charge in [-0.25, -0.2) is 4.39 Å². The fourth-order valence-electron chi connectivity index (χ4n) is 2.03. The Morgan fingerprint density at radius 3 is 2.80 bits per heavy atom. The number of hydrogen-bond donors (Lipinski definition) is 1. The summed E-state index contributed by atoms with van der Waals surface area (Å²) in [4.78, 5) is 22.5. The first kappa shape index (κ1) is 18.4. The molecule has 0 saturated heterocycles. The van der Waals surface area contributed by atoms with E-state index in [1.165, 1.54) is 42.5 Å². The summed E-state index contributed by atoms with van der Waals surface area (Å²) in [5.74, 6) is -0.920. The molecular formula is C17H14ClFN2O4. The first-order valence-electron chi connectivity index (χ1n) is 7.26. The molecule has 2 aromatic carbocycles. The molecule has 0 aromatic heterocycles. The number of anilines is 1. The van der Waals surface area contributed by atoms with Gasteiger partial charge in [-0.3, -0.25) is 14.9 Å². The third-order valence-electron chi connectivity index (χ3n) is 3.14. The van der Waals surface area contributed by atoms with E-state index < -0.39 is 16.6 Å². The maximum absolute atomic E-state index is 13.6. The predicted octanol–water partition coefficient (Wildman–Crippen LogP) is 4.44. The van der Waals surface area contributed by atoms with Gasteiger partial charge in [-0.15, -0.1) is 0 Å². The topological polar surface area (TPSA) is 81.5 Å². The average Bonchev–Trinajstić information content (AvgIpc) is 2.56. The van der Waals surface area contributed by atoms with Gasteiger partial charge in [0.1, 0.15) is 17.3 Å². The van der Waals surface area contributed by atoms with Crippen molar-refractivity contribution in [2.45, 2.75) is 6.92 Å². The van der Waals surface area contributed by atoms with Crippen molar-refractivity contribution in [1.82, 2.24) is 0 Å². The molecule has 1 N–H and O–H groups in total. The van der Waals surface area contributed by atoms with Crippen molar-refractivity contribution in [3.63, 3.8) is 0 Å². The summed E-state index contributed by atoms with van der Waals surface area (Å²) < 4.78 is 18.8. The molecule has 0 radical (unpaired) electrons. The number of carbonyl (C=O) groups excluding carboxylic acids is 1. The minimum atomic E-state index is -0.661. The average molecular weight is 365 g/mol. The van der Waals surface area contributed by atoms with Gasteiger partial charge in [-0.05, 0) is 37.3 Å². The summed E-state index contributed by atoms with van der Waals surface area (Å²) in [6.07, 6.45) is 2.25. The van der Waals surface area contributed by atoms with Crippen molar-refractivity contribution in [2.24, 2.45) is 0 Å². The number of carbonyl (C=O) groups is 1. The van der Waals surface area contributed by atoms with Crippen LogP contribution in [-0.2, 0) is 4.79 Å². The molecule has 130 valence electrons. The largest absolute Gasteiger partial charge is 0.494 e. The van der Waals surface area contributed by atoms with Crippen LogP contribution in [0.4, 0.5) is 15.8 Å². The number of nitrogens with one attached hydrogen (secondary N) is 1. The van der Waals surface area contributed by atoms with Gasteiger partial charge in [0.25, 0.3) is 5.69 Å². The Morgan fingerprint density at radius 2 is 2.16 bits per heavy atom. The van der Waals surface area contributed by atoms with Crippen LogP contribution in [0.15, 0.2) is 42.5 Å². The van der Waals surface area contributed by atoms with E-state index in [4.69, 9.17) is 16.3 Å². The van der Waals surface area contributed by atoms with Gasteiger partial charge in [0.2, 0.25) is 5.91 Å². The second kappa shape index (κ2) is 8.25. The molecule has 8 heteroatoms. The van der Waals surface area contributed by atoms with Crippen LogP contribution in [0.25, 0.3) is 6.08 Å². The molecule has 0 atom stereocenters. The molecular weight excluding hydrogens is 351 g/mol. The number of benzene rings is 2. The van der Waals surface area contributed by atoms with E-state index in [2.05, 4.69) is 5.32 Å². The minimum absolute atomic E-state index is 0.00253. The first-order valence-corrected chi connectivity index (χ1v) is 7.64. The highest BCUT2D eigenvalue weighted by Crippen LogP contribution is 2.29. The number of amides is 1. The molecule has 0 saturated carbocycles. The molecule has 2 aromatic rings. The van der Waals surface area contributed by atoms with Gasteiger partial charge < -0.3 is 10.1 Å². The molecule has 0 heterocycles. The quantitative estimate of drug-likeness (QED) is 0.467. The highest BCUT2D eigenvalue weighted by molar-refractivity contribution is 6.32. The Bertz CT molecular complexity index is 819. The van der Waals surface area contributed by atoms with Gasteiger partial charge >= 0.3 is 0 Å². The maximum Gasteiger partial charge on any atom is 0.296 e. The Kier molecular flexibility index (Phi) is 6.08. The Labute approximate surface area is 148 Å². The molecule has 25 heavy (non-hydrogen) atoms. The number of nitro benzene ring substituents is 1. The molecule has 6 nitrogen and oxygen atoms in total. The van der Waals surface area contributed by atoms with E-state index in [0.717, 1.165) is 6.08 Å².